The molecule has 7 amide bonds. The molecule has 5 saturated heterocycles. The largest absolute Gasteiger partial charge is 0.371 e. The van der Waals surface area contributed by atoms with Crippen molar-refractivity contribution in [1.29, 1.82) is 0 Å². The fourth-order valence-corrected chi connectivity index (χ4v) is 9.84. The van der Waals surface area contributed by atoms with Crippen LogP contribution in [0.15, 0.2) is 36.4 Å². The van der Waals surface area contributed by atoms with Crippen LogP contribution < -0.4 is 26.2 Å². The predicted molar refractivity (Wildman–Crippen MR) is 220 cm³/mol. The topological polar surface area (TPSA) is 211 Å². The van der Waals surface area contributed by atoms with E-state index in [-0.39, 0.29) is 59.3 Å². The maximum absolute atomic E-state index is 15.8. The van der Waals surface area contributed by atoms with Gasteiger partial charge in [0.05, 0.1) is 17.2 Å². The van der Waals surface area contributed by atoms with E-state index in [1.807, 2.05) is 15.9 Å². The Morgan fingerprint density at radius 2 is 1.67 bits per heavy atom. The summed E-state index contributed by atoms with van der Waals surface area (Å²) in [5.41, 5.74) is 7.89. The molecule has 61 heavy (non-hydrogen) atoms. The summed E-state index contributed by atoms with van der Waals surface area (Å²) in [6.45, 7) is 6.65. The zero-order chi connectivity index (χ0) is 42.5. The number of aromatic nitrogens is 3. The lowest BCUT2D eigenvalue weighted by atomic mass is 9.88. The molecule has 19 heteroatoms. The van der Waals surface area contributed by atoms with Crippen molar-refractivity contribution in [3.63, 3.8) is 0 Å². The monoisotopic (exact) mass is 836 g/mol. The van der Waals surface area contributed by atoms with Crippen molar-refractivity contribution in [2.75, 3.05) is 81.1 Å². The van der Waals surface area contributed by atoms with Crippen LogP contribution in [0, 0.1) is 11.7 Å². The van der Waals surface area contributed by atoms with Gasteiger partial charge in [-0.3, -0.25) is 34.2 Å². The third-order valence-electron chi connectivity index (χ3n) is 13.2. The lowest BCUT2D eigenvalue weighted by Gasteiger charge is -2.37. The summed E-state index contributed by atoms with van der Waals surface area (Å²) in [6.07, 6.45) is 4.43. The van der Waals surface area contributed by atoms with Crippen LogP contribution in [0.5, 0.6) is 0 Å². The van der Waals surface area contributed by atoms with Crippen LogP contribution in [-0.2, 0) is 9.59 Å². The second-order valence-corrected chi connectivity index (χ2v) is 17.0. The summed E-state index contributed by atoms with van der Waals surface area (Å²) in [5, 5.41) is 13.6. The molecule has 4 N–H and O–H groups in total. The number of amides is 7. The number of piperidine rings is 3. The first-order valence-electron chi connectivity index (χ1n) is 21.1. The Morgan fingerprint density at radius 1 is 0.869 bits per heavy atom. The Balaban J connectivity index is 0.786. The number of carbonyl (C=O) groups is 6. The third kappa shape index (κ3) is 7.81. The van der Waals surface area contributed by atoms with Crippen molar-refractivity contribution in [2.45, 2.75) is 62.9 Å². The molecule has 0 spiro atoms. The predicted octanol–water partition coefficient (Wildman–Crippen LogP) is 2.30. The molecular formula is C42H49FN12O6. The molecule has 0 aliphatic carbocycles. The Morgan fingerprint density at radius 3 is 2.41 bits per heavy atom. The maximum atomic E-state index is 15.8. The van der Waals surface area contributed by atoms with Gasteiger partial charge >= 0.3 is 6.03 Å². The minimum Gasteiger partial charge on any atom is -0.371 e. The van der Waals surface area contributed by atoms with Gasteiger partial charge in [-0.25, -0.2) is 9.18 Å². The van der Waals surface area contributed by atoms with Gasteiger partial charge in [-0.15, -0.1) is 10.2 Å². The number of primary amides is 1. The molecular weight excluding hydrogens is 788 g/mol. The summed E-state index contributed by atoms with van der Waals surface area (Å²) in [7, 11) is 1.79. The first-order chi connectivity index (χ1) is 29.4. The summed E-state index contributed by atoms with van der Waals surface area (Å²) >= 11 is 0. The fraction of sp³-hybridized carbons (Fsp3) is 0.500. The molecule has 0 saturated carbocycles. The van der Waals surface area contributed by atoms with Crippen molar-refractivity contribution in [3.05, 3.63) is 64.6 Å². The van der Waals surface area contributed by atoms with Crippen LogP contribution in [0.25, 0.3) is 0 Å². The first-order valence-corrected chi connectivity index (χ1v) is 21.1. The number of rotatable bonds is 10. The van der Waals surface area contributed by atoms with E-state index in [1.165, 1.54) is 6.07 Å². The number of benzene rings is 2. The number of anilines is 4. The molecule has 6 aliphatic heterocycles. The Bertz CT molecular complexity index is 2300. The highest BCUT2D eigenvalue weighted by Crippen LogP contribution is 2.35. The lowest BCUT2D eigenvalue weighted by Crippen LogP contribution is -2.54. The average Bonchev–Trinajstić information content (AvgIpc) is 3.93. The van der Waals surface area contributed by atoms with Gasteiger partial charge in [0.15, 0.2) is 11.5 Å². The van der Waals surface area contributed by atoms with E-state index in [9.17, 15) is 28.8 Å². The summed E-state index contributed by atoms with van der Waals surface area (Å²) in [6, 6.07) is 9.21. The third-order valence-corrected chi connectivity index (χ3v) is 13.2. The highest BCUT2D eigenvalue weighted by Gasteiger charge is 2.45. The molecule has 1 unspecified atom stereocenters. The average molecular weight is 837 g/mol. The second-order valence-electron chi connectivity index (χ2n) is 17.0. The molecule has 5 fully saturated rings. The number of nitrogens with one attached hydrogen (secondary N) is 2. The second kappa shape index (κ2) is 16.3. The smallest absolute Gasteiger partial charge is 0.320 e. The van der Waals surface area contributed by atoms with E-state index in [0.717, 1.165) is 75.4 Å². The van der Waals surface area contributed by atoms with E-state index >= 15 is 4.39 Å². The number of likely N-dealkylation sites (tertiary alicyclic amines) is 1. The lowest BCUT2D eigenvalue weighted by molar-refractivity contribution is -0.136. The normalized spacial score (nSPS) is 23.9. The molecule has 9 rings (SSSR count). The zero-order valence-corrected chi connectivity index (χ0v) is 34.0. The van der Waals surface area contributed by atoms with Crippen molar-refractivity contribution in [2.24, 2.45) is 11.7 Å². The van der Waals surface area contributed by atoms with E-state index in [4.69, 9.17) is 5.73 Å². The van der Waals surface area contributed by atoms with Crippen LogP contribution in [0.3, 0.4) is 0 Å². The van der Waals surface area contributed by atoms with Crippen molar-refractivity contribution < 1.29 is 33.2 Å². The van der Waals surface area contributed by atoms with Gasteiger partial charge in [0.2, 0.25) is 17.8 Å². The molecule has 3 atom stereocenters. The molecule has 2 aromatic carbocycles. The standard InChI is InChI=1S/C42H49FN12O6/c1-50-17-18-54(42(50)61)28-3-2-13-53(23-28)41-47-37(35(36(44)57)48-49-41)45-26-4-6-29(32(43)19-26)25-11-14-51(15-12-25)21-24-10-16-52(22-24)27-5-7-30-31(20-27)40(60)55(39(30)59)33-8-9-34(56)46-38(33)58/h4-7,19-20,24-25,28,33H,2-3,8-18,21-23H2,1H3,(H2,44,57)(H,45,47,49)(H,46,56,58)/t24-,28-,33?/m1/s1. The van der Waals surface area contributed by atoms with Gasteiger partial charge in [0.1, 0.15) is 11.9 Å². The van der Waals surface area contributed by atoms with Crippen molar-refractivity contribution >= 4 is 58.7 Å². The Hall–Kier alpha value is -6.24. The van der Waals surface area contributed by atoms with Crippen LogP contribution in [0.2, 0.25) is 0 Å². The quantitative estimate of drug-likeness (QED) is 0.251. The number of hydrogen-bond acceptors (Lipinski definition) is 13. The maximum Gasteiger partial charge on any atom is 0.320 e. The molecule has 1 aromatic heterocycles. The van der Waals surface area contributed by atoms with Crippen LogP contribution in [0.1, 0.15) is 87.6 Å². The zero-order valence-electron chi connectivity index (χ0n) is 34.0. The minimum atomic E-state index is -1.00. The number of nitrogens with zero attached hydrogens (tertiary/aromatic N) is 9. The van der Waals surface area contributed by atoms with Crippen LogP contribution in [0.4, 0.5) is 32.3 Å². The number of hydrogen-bond donors (Lipinski definition) is 3. The molecule has 6 aliphatic rings. The fourth-order valence-electron chi connectivity index (χ4n) is 9.84. The van der Waals surface area contributed by atoms with E-state index in [2.05, 4.69) is 35.6 Å². The van der Waals surface area contributed by atoms with Gasteiger partial charge in [-0.1, -0.05) is 6.07 Å². The molecule has 3 aromatic rings. The molecule has 0 radical (unpaired) electrons. The van der Waals surface area contributed by atoms with Gasteiger partial charge in [0, 0.05) is 70.7 Å². The van der Waals surface area contributed by atoms with Gasteiger partial charge in [-0.2, -0.15) is 4.98 Å². The minimum absolute atomic E-state index is 0.00205. The van der Waals surface area contributed by atoms with Crippen LogP contribution >= 0.6 is 0 Å². The van der Waals surface area contributed by atoms with Gasteiger partial charge in [0.25, 0.3) is 17.7 Å². The molecule has 7 heterocycles. The highest BCUT2D eigenvalue weighted by molar-refractivity contribution is 6.23. The number of likely N-dealkylation sites (N-methyl/N-ethyl adjacent to an activating group) is 1. The number of halogens is 1. The van der Waals surface area contributed by atoms with E-state index in [1.54, 1.807) is 36.2 Å². The number of urea groups is 1. The summed E-state index contributed by atoms with van der Waals surface area (Å²) < 4.78 is 15.8. The van der Waals surface area contributed by atoms with Crippen LogP contribution in [-0.4, -0.2) is 148 Å². The molecule has 0 bridgehead atoms. The summed E-state index contributed by atoms with van der Waals surface area (Å²) in [4.78, 5) is 91.4. The van der Waals surface area contributed by atoms with Crippen molar-refractivity contribution in [3.8, 4) is 0 Å². The number of nitrogens with two attached hydrogens (primary N) is 1. The number of fused-ring (bicyclic) bond motifs is 1. The van der Waals surface area contributed by atoms with Gasteiger partial charge in [-0.05, 0) is 99.3 Å². The van der Waals surface area contributed by atoms with Crippen molar-refractivity contribution in [1.82, 2.24) is 40.1 Å². The molecule has 18 nitrogen and oxygen atoms in total. The van der Waals surface area contributed by atoms with E-state index < -0.39 is 35.6 Å². The molecule has 320 valence electrons. The highest BCUT2D eigenvalue weighted by atomic mass is 19.1. The first kappa shape index (κ1) is 40.2. The van der Waals surface area contributed by atoms with E-state index in [0.29, 0.717) is 49.3 Å². The summed E-state index contributed by atoms with van der Waals surface area (Å²) in [5.74, 6) is -2.43. The number of carbonyl (C=O) groups excluding carboxylic acids is 6. The number of imide groups is 2. The SMILES string of the molecule is CN1CCN([C@@H]2CCCN(c3nnc(C(N)=O)c(Nc4ccc(C5CCN(C[C@H]6CCN(c7ccc8c(c7)C(=O)N(C7CCC(=O)NC7=O)C8=O)C6)CC5)c(F)c4)n3)C2)C1=O. The van der Waals surface area contributed by atoms with Gasteiger partial charge < -0.3 is 35.6 Å². The Labute approximate surface area is 351 Å². The Kier molecular flexibility index (Phi) is 10.7.